The van der Waals surface area contributed by atoms with Gasteiger partial charge < -0.3 is 10.6 Å². The molecule has 2 aromatic carbocycles. The van der Waals surface area contributed by atoms with Crippen LogP contribution < -0.4 is 10.6 Å². The molecule has 0 saturated carbocycles. The first-order chi connectivity index (χ1) is 13.5. The van der Waals surface area contributed by atoms with Crippen molar-refractivity contribution in [3.63, 3.8) is 0 Å². The Morgan fingerprint density at radius 3 is 2.93 bits per heavy atom. The normalized spacial score (nSPS) is 15.6. The summed E-state index contributed by atoms with van der Waals surface area (Å²) in [5.74, 6) is 0.293. The minimum absolute atomic E-state index is 0.0541. The molecule has 0 aliphatic carbocycles. The van der Waals surface area contributed by atoms with Gasteiger partial charge in [0.05, 0.1) is 23.7 Å². The Morgan fingerprint density at radius 1 is 1.29 bits per heavy atom. The van der Waals surface area contributed by atoms with Gasteiger partial charge in [-0.05, 0) is 36.8 Å². The molecule has 1 aromatic heterocycles. The van der Waals surface area contributed by atoms with E-state index >= 15 is 0 Å². The maximum atomic E-state index is 12.7. The molecule has 6 nitrogen and oxygen atoms in total. The average molecular weight is 457 g/mol. The Balaban J connectivity index is 1.52. The number of hydrogen-bond acceptors (Lipinski definition) is 4. The number of benzene rings is 2. The zero-order valence-corrected chi connectivity index (χ0v) is 17.4. The minimum atomic E-state index is -0.255. The van der Waals surface area contributed by atoms with Gasteiger partial charge in [0, 0.05) is 21.0 Å². The number of thioether (sulfide) groups is 1. The zero-order chi connectivity index (χ0) is 19.7. The molecule has 142 valence electrons. The van der Waals surface area contributed by atoms with Gasteiger partial charge >= 0.3 is 0 Å². The van der Waals surface area contributed by atoms with Gasteiger partial charge in [-0.25, -0.2) is 4.68 Å². The van der Waals surface area contributed by atoms with Gasteiger partial charge in [0.2, 0.25) is 5.91 Å². The third-order valence-electron chi connectivity index (χ3n) is 4.41. The summed E-state index contributed by atoms with van der Waals surface area (Å²) in [5, 5.41) is 9.92. The van der Waals surface area contributed by atoms with Gasteiger partial charge in [-0.15, -0.1) is 11.8 Å². The predicted molar refractivity (Wildman–Crippen MR) is 114 cm³/mol. The highest BCUT2D eigenvalue weighted by Crippen LogP contribution is 2.36. The van der Waals surface area contributed by atoms with Crippen molar-refractivity contribution in [2.75, 3.05) is 10.6 Å². The second-order valence-electron chi connectivity index (χ2n) is 6.38. The largest absolute Gasteiger partial charge is 0.324 e. The second kappa shape index (κ2) is 7.81. The molecule has 1 aliphatic rings. The minimum Gasteiger partial charge on any atom is -0.324 e. The quantitative estimate of drug-likeness (QED) is 0.610. The van der Waals surface area contributed by atoms with Crippen molar-refractivity contribution in [1.29, 1.82) is 0 Å². The molecule has 2 N–H and O–H groups in total. The van der Waals surface area contributed by atoms with Crippen LogP contribution in [0.2, 0.25) is 0 Å². The van der Waals surface area contributed by atoms with Crippen LogP contribution in [0.25, 0.3) is 0 Å². The second-order valence-corrected chi connectivity index (χ2v) is 8.62. The predicted octanol–water partition coefficient (Wildman–Crippen LogP) is 4.38. The van der Waals surface area contributed by atoms with E-state index in [0.717, 1.165) is 14.9 Å². The lowest BCUT2D eigenvalue weighted by molar-refractivity contribution is -0.115. The number of fused-ring (bicyclic) bond motifs is 1. The summed E-state index contributed by atoms with van der Waals surface area (Å²) < 4.78 is 2.72. The van der Waals surface area contributed by atoms with Crippen LogP contribution in [0.4, 0.5) is 11.5 Å². The van der Waals surface area contributed by atoms with E-state index in [1.807, 2.05) is 37.3 Å². The Labute approximate surface area is 174 Å². The number of nitrogens with one attached hydrogen (secondary N) is 2. The number of rotatable bonds is 4. The molecule has 0 saturated heterocycles. The van der Waals surface area contributed by atoms with E-state index in [1.165, 1.54) is 11.8 Å². The fourth-order valence-electron chi connectivity index (χ4n) is 2.89. The van der Waals surface area contributed by atoms with Crippen molar-refractivity contribution in [3.8, 4) is 0 Å². The van der Waals surface area contributed by atoms with E-state index in [2.05, 4.69) is 31.7 Å². The van der Waals surface area contributed by atoms with Crippen LogP contribution in [-0.4, -0.2) is 26.8 Å². The number of amides is 2. The van der Waals surface area contributed by atoms with Crippen molar-refractivity contribution < 1.29 is 9.59 Å². The molecule has 0 fully saturated rings. The van der Waals surface area contributed by atoms with Crippen LogP contribution in [0, 0.1) is 0 Å². The molecule has 3 aromatic rings. The van der Waals surface area contributed by atoms with Crippen LogP contribution in [-0.2, 0) is 11.3 Å². The van der Waals surface area contributed by atoms with Crippen molar-refractivity contribution >= 4 is 51.0 Å². The molecule has 4 rings (SSSR count). The van der Waals surface area contributed by atoms with Crippen molar-refractivity contribution in [2.45, 2.75) is 23.6 Å². The first-order valence-corrected chi connectivity index (χ1v) is 10.4. The van der Waals surface area contributed by atoms with E-state index in [1.54, 1.807) is 29.1 Å². The fraction of sp³-hybridized carbons (Fsp3) is 0.150. The lowest BCUT2D eigenvalue weighted by Crippen LogP contribution is -2.26. The van der Waals surface area contributed by atoms with Crippen LogP contribution in [0.15, 0.2) is 64.1 Å². The SMILES string of the molecule is CC1Sc2ccc(C(=O)Nc3ccnn3Cc3ccccc3Br)cc2NC1=O. The van der Waals surface area contributed by atoms with Gasteiger partial charge in [0.15, 0.2) is 0 Å². The number of carbonyl (C=O) groups is 2. The molecule has 1 aliphatic heterocycles. The molecule has 28 heavy (non-hydrogen) atoms. The van der Waals surface area contributed by atoms with Gasteiger partial charge in [0.25, 0.3) is 5.91 Å². The molecular weight excluding hydrogens is 440 g/mol. The van der Waals surface area contributed by atoms with Crippen molar-refractivity contribution in [1.82, 2.24) is 9.78 Å². The van der Waals surface area contributed by atoms with Gasteiger partial charge in [-0.3, -0.25) is 9.59 Å². The number of anilines is 2. The first kappa shape index (κ1) is 18.8. The molecule has 0 radical (unpaired) electrons. The summed E-state index contributed by atoms with van der Waals surface area (Å²) >= 11 is 5.02. The summed E-state index contributed by atoms with van der Waals surface area (Å²) in [6.45, 7) is 2.38. The number of nitrogens with zero attached hydrogens (tertiary/aromatic N) is 2. The third-order valence-corrected chi connectivity index (χ3v) is 6.36. The number of carbonyl (C=O) groups excluding carboxylic acids is 2. The molecule has 2 heterocycles. The lowest BCUT2D eigenvalue weighted by atomic mass is 10.1. The highest BCUT2D eigenvalue weighted by Gasteiger charge is 2.24. The number of aromatic nitrogens is 2. The Hall–Kier alpha value is -2.58. The maximum Gasteiger partial charge on any atom is 0.256 e. The molecule has 8 heteroatoms. The van der Waals surface area contributed by atoms with E-state index < -0.39 is 0 Å². The summed E-state index contributed by atoms with van der Waals surface area (Å²) in [7, 11) is 0. The summed E-state index contributed by atoms with van der Waals surface area (Å²) in [6, 6.07) is 15.0. The highest BCUT2D eigenvalue weighted by atomic mass is 79.9. The average Bonchev–Trinajstić information content (AvgIpc) is 3.11. The van der Waals surface area contributed by atoms with Crippen molar-refractivity contribution in [2.24, 2.45) is 0 Å². The zero-order valence-electron chi connectivity index (χ0n) is 15.0. The Kier molecular flexibility index (Phi) is 5.23. The van der Waals surface area contributed by atoms with Crippen molar-refractivity contribution in [3.05, 3.63) is 70.3 Å². The fourth-order valence-corrected chi connectivity index (χ4v) is 4.23. The van der Waals surface area contributed by atoms with E-state index in [0.29, 0.717) is 23.6 Å². The molecule has 2 amide bonds. The standard InChI is InChI=1S/C20H17BrN4O2S/c1-12-19(26)23-16-10-13(6-7-17(16)28-12)20(27)24-18-8-9-22-25(18)11-14-4-2-3-5-15(14)21/h2-10,12H,11H2,1H3,(H,23,26)(H,24,27). The van der Waals surface area contributed by atoms with E-state index in [4.69, 9.17) is 0 Å². The van der Waals surface area contributed by atoms with E-state index in [9.17, 15) is 9.59 Å². The van der Waals surface area contributed by atoms with Crippen LogP contribution in [0.5, 0.6) is 0 Å². The monoisotopic (exact) mass is 456 g/mol. The third kappa shape index (κ3) is 3.83. The van der Waals surface area contributed by atoms with Gasteiger partial charge in [0.1, 0.15) is 5.82 Å². The Morgan fingerprint density at radius 2 is 2.11 bits per heavy atom. The molecule has 1 unspecified atom stereocenters. The molecule has 1 atom stereocenters. The lowest BCUT2D eigenvalue weighted by Gasteiger charge is -2.21. The summed E-state index contributed by atoms with van der Waals surface area (Å²) in [4.78, 5) is 25.6. The van der Waals surface area contributed by atoms with E-state index in [-0.39, 0.29) is 17.1 Å². The maximum absolute atomic E-state index is 12.7. The topological polar surface area (TPSA) is 76.0 Å². The molecule has 0 spiro atoms. The number of halogens is 1. The molecular formula is C20H17BrN4O2S. The van der Waals surface area contributed by atoms with Crippen LogP contribution in [0.3, 0.4) is 0 Å². The smallest absolute Gasteiger partial charge is 0.256 e. The Bertz CT molecular complexity index is 1070. The summed E-state index contributed by atoms with van der Waals surface area (Å²) in [5.41, 5.74) is 2.20. The molecule has 0 bridgehead atoms. The highest BCUT2D eigenvalue weighted by molar-refractivity contribution is 9.10. The van der Waals surface area contributed by atoms with Gasteiger partial charge in [-0.2, -0.15) is 5.10 Å². The summed E-state index contributed by atoms with van der Waals surface area (Å²) in [6.07, 6.45) is 1.65. The first-order valence-electron chi connectivity index (χ1n) is 8.69. The van der Waals surface area contributed by atoms with Crippen LogP contribution >= 0.6 is 27.7 Å². The van der Waals surface area contributed by atoms with Gasteiger partial charge in [-0.1, -0.05) is 34.1 Å². The van der Waals surface area contributed by atoms with Crippen LogP contribution in [0.1, 0.15) is 22.8 Å². The number of hydrogen-bond donors (Lipinski definition) is 2.